The van der Waals surface area contributed by atoms with E-state index in [1.54, 1.807) is 39.0 Å². The average molecular weight is 1840 g/mol. The van der Waals surface area contributed by atoms with Crippen molar-refractivity contribution in [2.24, 2.45) is 106 Å². The number of rotatable bonds is 27. The molecule has 133 heavy (non-hydrogen) atoms. The third-order valence-corrected chi connectivity index (χ3v) is 21.9. The molecule has 2 heterocycles. The topological polar surface area (TPSA) is 25.8 Å². The minimum absolute atomic E-state index is 0.109. The molecule has 0 radical (unpaired) electrons. The van der Waals surface area contributed by atoms with E-state index >= 15 is 0 Å². The fourth-order valence-electron chi connectivity index (χ4n) is 14.5. The maximum Gasteiger partial charge on any atom is 0.126 e. The van der Waals surface area contributed by atoms with Crippen molar-refractivity contribution < 1.29 is 13.2 Å². The molecule has 0 atom stereocenters. The van der Waals surface area contributed by atoms with E-state index in [2.05, 4.69) is 371 Å². The Bertz CT molecular complexity index is 3590. The predicted molar refractivity (Wildman–Crippen MR) is 595 cm³/mol. The molecule has 6 aromatic carbocycles. The average Bonchev–Trinajstić information content (AvgIpc) is 1.70. The second kappa shape index (κ2) is 79.3. The van der Waals surface area contributed by atoms with E-state index in [9.17, 15) is 13.2 Å². The van der Waals surface area contributed by atoms with Crippen molar-refractivity contribution in [1.29, 1.82) is 0 Å². The Morgan fingerprint density at radius 3 is 0.872 bits per heavy atom. The number of aryl methyl sites for hydroxylation is 7. The highest BCUT2D eigenvalue weighted by atomic mass is 19.1. The summed E-state index contributed by atoms with van der Waals surface area (Å²) in [5, 5.41) is 0. The summed E-state index contributed by atoms with van der Waals surface area (Å²) < 4.78 is 38.5. The normalized spacial score (nSPS) is 12.0. The Kier molecular flexibility index (Phi) is 79.2. The van der Waals surface area contributed by atoms with Gasteiger partial charge in [-0.05, 0) is 322 Å². The standard InChI is InChI=1S/C12H18.3C11H15F.C11H16.C10H15N.C10H14.C9H13N.C9H20.2C8H16.C8H18.C7H16.C3H8/c1-9(2)7-12-6-5-10(3)11(4)8-12;3*1-8(2)6-10-4-5-11(12)9(3)7-10;1-9(2)8-11-6-4-10(3)5-7-11;1-8(2)6-10-5-4-9(3)7-11-10;1-9(2)8-10-6-4-3-5-7-10;1-8(2)7-9-5-3-4-6-10-9;1-8(2)6-7-9(3,4)5;1-7(2)3-4-8-5-6-8;1-7(2)8-5-3-4-6-8;1-7(2)5-6-8(3)4;1-6(2)5-7(3)4;1-3-2/h5-6,8-9H,7H2,1-4H3;3*4-5,7-8H,6H2,1-3H3;4-7,9H,8H2,1-3H3;4-5,7-8H,6H2,1-3H3;3-7,9H,8H2,1-2H3;3-6,8H,7H2,1-2H3;8H,6-7H2,1-5H3;2*7-8H,3-6H2,1-2H3;7-8H,5-6H2,1-4H3;6-7H,5H2,1-4H3;3H2,1-2H3. The van der Waals surface area contributed by atoms with Crippen molar-refractivity contribution >= 4 is 0 Å². The van der Waals surface area contributed by atoms with Gasteiger partial charge in [0.1, 0.15) is 17.5 Å². The summed E-state index contributed by atoms with van der Waals surface area (Å²) >= 11 is 0. The van der Waals surface area contributed by atoms with Gasteiger partial charge in [-0.2, -0.15) is 0 Å². The van der Waals surface area contributed by atoms with Crippen LogP contribution in [0, 0.1) is 172 Å². The van der Waals surface area contributed by atoms with Gasteiger partial charge in [0.05, 0.1) is 0 Å². The molecule has 0 saturated heterocycles. The number of pyridine rings is 2. The van der Waals surface area contributed by atoms with Gasteiger partial charge in [-0.1, -0.05) is 446 Å². The first kappa shape index (κ1) is 133. The number of hydrogen-bond donors (Lipinski definition) is 0. The van der Waals surface area contributed by atoms with E-state index < -0.39 is 0 Å². The van der Waals surface area contributed by atoms with Crippen LogP contribution in [0.1, 0.15) is 416 Å². The number of hydrogen-bond acceptors (Lipinski definition) is 2. The van der Waals surface area contributed by atoms with Crippen molar-refractivity contribution in [2.45, 2.75) is 432 Å². The van der Waals surface area contributed by atoms with Crippen LogP contribution in [0.3, 0.4) is 0 Å². The first-order valence-corrected chi connectivity index (χ1v) is 53.2. The lowest BCUT2D eigenvalue weighted by atomic mass is 9.88. The van der Waals surface area contributed by atoms with Gasteiger partial charge in [0, 0.05) is 23.8 Å². The molecule has 0 aliphatic heterocycles. The zero-order valence-corrected chi connectivity index (χ0v) is 95.1. The van der Waals surface area contributed by atoms with Crippen molar-refractivity contribution in [3.05, 3.63) is 271 Å². The molecule has 2 aliphatic carbocycles. The van der Waals surface area contributed by atoms with E-state index in [-0.39, 0.29) is 17.5 Å². The van der Waals surface area contributed by atoms with Crippen LogP contribution in [-0.2, 0) is 51.4 Å². The van der Waals surface area contributed by atoms with Crippen LogP contribution in [0.25, 0.3) is 0 Å². The molecule has 0 amide bonds. The van der Waals surface area contributed by atoms with Gasteiger partial charge in [-0.15, -0.1) is 0 Å². The Labute approximate surface area is 827 Å². The third kappa shape index (κ3) is 87.9. The van der Waals surface area contributed by atoms with Gasteiger partial charge >= 0.3 is 0 Å². The van der Waals surface area contributed by atoms with Crippen molar-refractivity contribution in [1.82, 2.24) is 9.97 Å². The summed E-state index contributed by atoms with van der Waals surface area (Å²) in [4.78, 5) is 8.54. The van der Waals surface area contributed by atoms with E-state index in [0.29, 0.717) is 35.0 Å². The molecular formula is C128H215F3N2. The highest BCUT2D eigenvalue weighted by Gasteiger charge is 2.21. The molecule has 0 unspecified atom stereocenters. The van der Waals surface area contributed by atoms with Crippen molar-refractivity contribution in [3.8, 4) is 0 Å². The maximum absolute atomic E-state index is 12.8. The molecule has 0 spiro atoms. The summed E-state index contributed by atoms with van der Waals surface area (Å²) in [5.74, 6) is 13.7. The summed E-state index contributed by atoms with van der Waals surface area (Å²) in [6.45, 7) is 92.5. The zero-order chi connectivity index (χ0) is 102. The second-order valence-corrected chi connectivity index (χ2v) is 46.4. The number of nitrogens with zero attached hydrogens (tertiary/aromatic N) is 2. The largest absolute Gasteiger partial charge is 0.261 e. The molecule has 2 fully saturated rings. The zero-order valence-electron chi connectivity index (χ0n) is 95.1. The highest BCUT2D eigenvalue weighted by Crippen LogP contribution is 2.35. The molecule has 0 bridgehead atoms. The van der Waals surface area contributed by atoms with Crippen molar-refractivity contribution in [2.75, 3.05) is 0 Å². The molecule has 2 nitrogen and oxygen atoms in total. The third-order valence-electron chi connectivity index (χ3n) is 21.9. The number of halogens is 3. The number of aromatic nitrogens is 2. The van der Waals surface area contributed by atoms with Crippen LogP contribution in [0.4, 0.5) is 13.2 Å². The predicted octanol–water partition coefficient (Wildman–Crippen LogP) is 40.8. The lowest BCUT2D eigenvalue weighted by molar-refractivity contribution is 0.338. The lowest BCUT2D eigenvalue weighted by Crippen LogP contribution is -2.05. The molecule has 5 heteroatoms. The lowest BCUT2D eigenvalue weighted by Gasteiger charge is -2.18. The number of benzene rings is 6. The summed E-state index contributed by atoms with van der Waals surface area (Å²) in [7, 11) is 0. The molecule has 2 aliphatic rings. The monoisotopic (exact) mass is 1840 g/mol. The fourth-order valence-corrected chi connectivity index (χ4v) is 14.5. The minimum atomic E-state index is -0.109. The van der Waals surface area contributed by atoms with Gasteiger partial charge in [0.2, 0.25) is 0 Å². The Morgan fingerprint density at radius 2 is 0.609 bits per heavy atom. The SMILES string of the molecule is CC(C)C1CCCC1.CC(C)CC(C)C.CC(C)CCC(C)(C)C.CC(C)CCC(C)C.CC(C)CCC1CC1.CC(C)Cc1ccccc1.CC(C)Cc1ccccn1.CCC.Cc1cc(CC(C)C)ccc1F.Cc1cc(CC(C)C)ccc1F.Cc1cc(CC(C)C)ccc1F.Cc1ccc(CC(C)C)cc1.Cc1ccc(CC(C)C)cc1C.Cc1ccc(CC(C)C)nc1. The van der Waals surface area contributed by atoms with Gasteiger partial charge in [0.15, 0.2) is 0 Å². The van der Waals surface area contributed by atoms with Crippen molar-refractivity contribution in [3.63, 3.8) is 0 Å². The molecule has 2 aromatic heterocycles. The van der Waals surface area contributed by atoms with Crippen LogP contribution < -0.4 is 0 Å². The van der Waals surface area contributed by atoms with E-state index in [0.717, 1.165) is 120 Å². The Morgan fingerprint density at radius 1 is 0.293 bits per heavy atom. The highest BCUT2D eigenvalue weighted by molar-refractivity contribution is 5.31. The second-order valence-electron chi connectivity index (χ2n) is 46.4. The molecule has 10 rings (SSSR count). The fraction of sp³-hybridized carbons (Fsp3) is 0.641. The van der Waals surface area contributed by atoms with Crippen LogP contribution in [-0.4, -0.2) is 9.97 Å². The van der Waals surface area contributed by atoms with Gasteiger partial charge in [-0.25, -0.2) is 13.2 Å². The van der Waals surface area contributed by atoms with Crippen LogP contribution in [0.15, 0.2) is 170 Å². The smallest absolute Gasteiger partial charge is 0.126 e. The van der Waals surface area contributed by atoms with Crippen LogP contribution in [0.5, 0.6) is 0 Å². The van der Waals surface area contributed by atoms with Gasteiger partial charge in [-0.3, -0.25) is 9.97 Å². The van der Waals surface area contributed by atoms with E-state index in [1.165, 1.54) is 176 Å². The first-order valence-electron chi connectivity index (χ1n) is 53.2. The molecular weight excluding hydrogens is 1620 g/mol. The van der Waals surface area contributed by atoms with Gasteiger partial charge < -0.3 is 0 Å². The summed E-state index contributed by atoms with van der Waals surface area (Å²) in [5.41, 5.74) is 18.6. The maximum atomic E-state index is 12.8. The molecule has 0 N–H and O–H groups in total. The van der Waals surface area contributed by atoms with Gasteiger partial charge in [0.25, 0.3) is 0 Å². The van der Waals surface area contributed by atoms with E-state index in [1.807, 2.05) is 60.9 Å². The molecule has 8 aromatic rings. The van der Waals surface area contributed by atoms with Crippen LogP contribution >= 0.6 is 0 Å². The Hall–Kier alpha value is -6.59. The van der Waals surface area contributed by atoms with E-state index in [4.69, 9.17) is 0 Å². The minimum Gasteiger partial charge on any atom is -0.261 e. The summed E-state index contributed by atoms with van der Waals surface area (Å²) in [6, 6.07) is 52.4. The summed E-state index contributed by atoms with van der Waals surface area (Å²) in [6.07, 6.45) is 32.7. The quantitative estimate of drug-likeness (QED) is 0.0513. The van der Waals surface area contributed by atoms with Crippen LogP contribution in [0.2, 0.25) is 0 Å². The molecule has 2 saturated carbocycles. The first-order chi connectivity index (χ1) is 62.0. The molecule has 758 valence electrons. The Balaban J connectivity index is -0.000000678.